The minimum absolute atomic E-state index is 0.136. The zero-order valence-corrected chi connectivity index (χ0v) is 12.2. The van der Waals surface area contributed by atoms with Gasteiger partial charge in [-0.15, -0.1) is 0 Å². The third-order valence-corrected chi connectivity index (χ3v) is 3.52. The Balaban J connectivity index is 2.78. The van der Waals surface area contributed by atoms with Gasteiger partial charge in [-0.2, -0.15) is 0 Å². The summed E-state index contributed by atoms with van der Waals surface area (Å²) >= 11 is 5.92. The molecule has 0 bridgehead atoms. The Morgan fingerprint density at radius 1 is 1.22 bits per heavy atom. The van der Waals surface area contributed by atoms with Gasteiger partial charge in [0.05, 0.1) is 6.61 Å². The molecule has 0 aliphatic carbocycles. The van der Waals surface area contributed by atoms with E-state index in [0.29, 0.717) is 5.92 Å². The molecule has 1 rings (SSSR count). The zero-order valence-electron chi connectivity index (χ0n) is 11.5. The molecule has 0 amide bonds. The molecule has 102 valence electrons. The van der Waals surface area contributed by atoms with Crippen LogP contribution in [0.2, 0.25) is 5.02 Å². The monoisotopic (exact) mass is 269 g/mol. The molecule has 18 heavy (non-hydrogen) atoms. The lowest BCUT2D eigenvalue weighted by Gasteiger charge is -2.27. The van der Waals surface area contributed by atoms with E-state index >= 15 is 0 Å². The molecule has 3 heteroatoms. The molecule has 0 fully saturated rings. The lowest BCUT2D eigenvalue weighted by atomic mass is 9.98. The van der Waals surface area contributed by atoms with Crippen molar-refractivity contribution < 1.29 is 5.11 Å². The van der Waals surface area contributed by atoms with E-state index < -0.39 is 0 Å². The van der Waals surface area contributed by atoms with E-state index in [1.807, 2.05) is 12.1 Å². The summed E-state index contributed by atoms with van der Waals surface area (Å²) in [6.45, 7) is 6.59. The van der Waals surface area contributed by atoms with Crippen molar-refractivity contribution in [2.75, 3.05) is 6.61 Å². The molecule has 2 unspecified atom stereocenters. The fourth-order valence-corrected chi connectivity index (χ4v) is 2.17. The van der Waals surface area contributed by atoms with Gasteiger partial charge < -0.3 is 10.4 Å². The fraction of sp³-hybridized carbons (Fsp3) is 0.600. The fourth-order valence-electron chi connectivity index (χ4n) is 2.04. The van der Waals surface area contributed by atoms with Crippen molar-refractivity contribution in [3.63, 3.8) is 0 Å². The number of nitrogens with one attached hydrogen (secondary N) is 1. The Kier molecular flexibility index (Phi) is 6.69. The second-order valence-corrected chi connectivity index (χ2v) is 5.53. The van der Waals surface area contributed by atoms with E-state index in [4.69, 9.17) is 11.6 Å². The minimum Gasteiger partial charge on any atom is -0.395 e. The van der Waals surface area contributed by atoms with E-state index in [1.54, 1.807) is 0 Å². The van der Waals surface area contributed by atoms with Gasteiger partial charge in [-0.05, 0) is 30.0 Å². The van der Waals surface area contributed by atoms with Gasteiger partial charge in [0.2, 0.25) is 0 Å². The summed E-state index contributed by atoms with van der Waals surface area (Å²) in [5, 5.41) is 13.7. The van der Waals surface area contributed by atoms with Crippen LogP contribution < -0.4 is 5.32 Å². The van der Waals surface area contributed by atoms with Crippen LogP contribution >= 0.6 is 11.6 Å². The van der Waals surface area contributed by atoms with Crippen LogP contribution in [0.15, 0.2) is 24.3 Å². The van der Waals surface area contributed by atoms with Crippen molar-refractivity contribution in [3.8, 4) is 0 Å². The smallest absolute Gasteiger partial charge is 0.0587 e. The molecule has 2 atom stereocenters. The first kappa shape index (κ1) is 15.5. The zero-order chi connectivity index (χ0) is 13.5. The maximum Gasteiger partial charge on any atom is 0.0587 e. The van der Waals surface area contributed by atoms with Gasteiger partial charge in [-0.25, -0.2) is 0 Å². The number of hydrogen-bond donors (Lipinski definition) is 2. The summed E-state index contributed by atoms with van der Waals surface area (Å²) in [4.78, 5) is 0. The van der Waals surface area contributed by atoms with Crippen LogP contribution in [0.25, 0.3) is 0 Å². The molecule has 0 heterocycles. The molecule has 2 N–H and O–H groups in total. The van der Waals surface area contributed by atoms with Crippen LogP contribution in [-0.4, -0.2) is 17.8 Å². The van der Waals surface area contributed by atoms with E-state index in [2.05, 4.69) is 38.2 Å². The molecular weight excluding hydrogens is 246 g/mol. The second-order valence-electron chi connectivity index (χ2n) is 5.09. The maximum atomic E-state index is 9.42. The summed E-state index contributed by atoms with van der Waals surface area (Å²) in [5.74, 6) is 0.418. The second kappa shape index (κ2) is 7.78. The van der Waals surface area contributed by atoms with Gasteiger partial charge in [-0.1, -0.05) is 50.9 Å². The van der Waals surface area contributed by atoms with Crippen LogP contribution in [0.1, 0.15) is 45.2 Å². The average molecular weight is 270 g/mol. The maximum absolute atomic E-state index is 9.42. The molecule has 2 nitrogen and oxygen atoms in total. The van der Waals surface area contributed by atoms with Crippen LogP contribution in [0, 0.1) is 5.92 Å². The number of aliphatic hydroxyl groups is 1. The van der Waals surface area contributed by atoms with Crippen molar-refractivity contribution in [3.05, 3.63) is 34.9 Å². The Labute approximate surface area is 115 Å². The quantitative estimate of drug-likeness (QED) is 0.789. The van der Waals surface area contributed by atoms with E-state index in [-0.39, 0.29) is 18.7 Å². The number of hydrogen-bond acceptors (Lipinski definition) is 2. The van der Waals surface area contributed by atoms with Gasteiger partial charge in [0.1, 0.15) is 0 Å². The normalized spacial score (nSPS) is 14.8. The summed E-state index contributed by atoms with van der Waals surface area (Å²) in [6.07, 6.45) is 2.17. The molecule has 0 saturated heterocycles. The number of halogens is 1. The largest absolute Gasteiger partial charge is 0.395 e. The first-order valence-electron chi connectivity index (χ1n) is 6.70. The lowest BCUT2D eigenvalue weighted by molar-refractivity contribution is 0.196. The molecule has 0 saturated carbocycles. The summed E-state index contributed by atoms with van der Waals surface area (Å²) in [7, 11) is 0. The van der Waals surface area contributed by atoms with Crippen LogP contribution in [0.4, 0.5) is 0 Å². The summed E-state index contributed by atoms with van der Waals surface area (Å²) < 4.78 is 0. The average Bonchev–Trinajstić information content (AvgIpc) is 2.35. The predicted octanol–water partition coefficient (Wildman–Crippen LogP) is 3.79. The molecule has 0 radical (unpaired) electrons. The highest BCUT2D eigenvalue weighted by atomic mass is 35.5. The molecule has 0 spiro atoms. The van der Waals surface area contributed by atoms with Crippen molar-refractivity contribution in [1.29, 1.82) is 0 Å². The number of rotatable bonds is 7. The third kappa shape index (κ3) is 4.60. The van der Waals surface area contributed by atoms with Gasteiger partial charge in [0.15, 0.2) is 0 Å². The Bertz CT molecular complexity index is 337. The Morgan fingerprint density at radius 3 is 2.28 bits per heavy atom. The van der Waals surface area contributed by atoms with Gasteiger partial charge in [0, 0.05) is 17.1 Å². The first-order valence-corrected chi connectivity index (χ1v) is 7.08. The molecule has 1 aromatic rings. The van der Waals surface area contributed by atoms with Crippen LogP contribution in [0.3, 0.4) is 0 Å². The molecule has 0 aliphatic rings. The minimum atomic E-state index is 0.136. The lowest BCUT2D eigenvalue weighted by Crippen LogP contribution is -2.39. The summed E-state index contributed by atoms with van der Waals surface area (Å²) in [5.41, 5.74) is 1.24. The van der Waals surface area contributed by atoms with Crippen molar-refractivity contribution in [2.45, 2.75) is 45.7 Å². The highest BCUT2D eigenvalue weighted by Gasteiger charge is 2.18. The Morgan fingerprint density at radius 2 is 1.83 bits per heavy atom. The van der Waals surface area contributed by atoms with Gasteiger partial charge in [-0.3, -0.25) is 0 Å². The van der Waals surface area contributed by atoms with Crippen molar-refractivity contribution in [1.82, 2.24) is 5.32 Å². The van der Waals surface area contributed by atoms with Crippen LogP contribution in [0.5, 0.6) is 0 Å². The highest BCUT2D eigenvalue weighted by molar-refractivity contribution is 6.30. The third-order valence-electron chi connectivity index (χ3n) is 3.27. The number of aliphatic hydroxyl groups excluding tert-OH is 1. The topological polar surface area (TPSA) is 32.3 Å². The summed E-state index contributed by atoms with van der Waals surface area (Å²) in [6, 6.07) is 8.38. The SMILES string of the molecule is CCCC(NC(CO)C(C)C)c1ccc(Cl)cc1. The molecule has 0 aliphatic heterocycles. The molecule has 0 aromatic heterocycles. The van der Waals surface area contributed by atoms with Crippen molar-refractivity contribution in [2.24, 2.45) is 5.92 Å². The first-order chi connectivity index (χ1) is 8.58. The van der Waals surface area contributed by atoms with E-state index in [1.165, 1.54) is 5.56 Å². The highest BCUT2D eigenvalue weighted by Crippen LogP contribution is 2.22. The molecular formula is C15H24ClNO. The Hall–Kier alpha value is -0.570. The predicted molar refractivity (Wildman–Crippen MR) is 77.9 cm³/mol. The number of benzene rings is 1. The van der Waals surface area contributed by atoms with Gasteiger partial charge in [0.25, 0.3) is 0 Å². The van der Waals surface area contributed by atoms with Gasteiger partial charge >= 0.3 is 0 Å². The van der Waals surface area contributed by atoms with Crippen molar-refractivity contribution >= 4 is 11.6 Å². The molecule has 1 aromatic carbocycles. The van der Waals surface area contributed by atoms with E-state index in [9.17, 15) is 5.11 Å². The standard InChI is InChI=1S/C15H24ClNO/c1-4-5-14(17-15(10-18)11(2)3)12-6-8-13(16)9-7-12/h6-9,11,14-15,17-18H,4-5,10H2,1-3H3. The van der Waals surface area contributed by atoms with Crippen LogP contribution in [-0.2, 0) is 0 Å². The van der Waals surface area contributed by atoms with E-state index in [0.717, 1.165) is 17.9 Å².